The summed E-state index contributed by atoms with van der Waals surface area (Å²) >= 11 is 0. The van der Waals surface area contributed by atoms with Gasteiger partial charge in [-0.1, -0.05) is 37.8 Å². The lowest BCUT2D eigenvalue weighted by Gasteiger charge is -2.38. The van der Waals surface area contributed by atoms with Crippen LogP contribution in [0.3, 0.4) is 0 Å². The molecule has 3 aromatic carbocycles. The number of fused-ring (bicyclic) bond motifs is 2. The van der Waals surface area contributed by atoms with Gasteiger partial charge in [0.15, 0.2) is 0 Å². The minimum absolute atomic E-state index is 0. The summed E-state index contributed by atoms with van der Waals surface area (Å²) in [6, 6.07) is 3.51. The number of nitrogens with one attached hydrogen (secondary N) is 1. The predicted molar refractivity (Wildman–Crippen MR) is 335 cm³/mol. The van der Waals surface area contributed by atoms with E-state index < -0.39 is 141 Å². The molecule has 5 rings (SSSR count). The first-order chi connectivity index (χ1) is 39.2. The Morgan fingerprint density at radius 1 is 0.540 bits per heavy atom. The molecule has 19 nitrogen and oxygen atoms in total. The fraction of sp³-hybridized carbons (Fsp3) is 0.652. The highest BCUT2D eigenvalue weighted by Gasteiger charge is 2.47. The van der Waals surface area contributed by atoms with E-state index >= 15 is 21.6 Å². The van der Waals surface area contributed by atoms with Gasteiger partial charge in [-0.2, -0.15) is 8.61 Å². The van der Waals surface area contributed by atoms with E-state index in [2.05, 4.69) is 5.32 Å². The van der Waals surface area contributed by atoms with Crippen molar-refractivity contribution in [3.63, 3.8) is 0 Å². The van der Waals surface area contributed by atoms with Crippen molar-refractivity contribution < 1.29 is 74.0 Å². The highest BCUT2D eigenvalue weighted by atomic mass is 32.2. The van der Waals surface area contributed by atoms with Crippen molar-refractivity contribution in [2.75, 3.05) is 13.1 Å². The lowest BCUT2D eigenvalue weighted by molar-refractivity contribution is -0.161. The summed E-state index contributed by atoms with van der Waals surface area (Å²) in [6.07, 6.45) is -1.16. The molecule has 0 saturated carbocycles. The number of hydrogen-bond donors (Lipinski definition) is 1. The van der Waals surface area contributed by atoms with Crippen molar-refractivity contribution in [1.82, 2.24) is 13.9 Å². The average molecular weight is 1260 g/mol. The van der Waals surface area contributed by atoms with Crippen molar-refractivity contribution in [2.24, 2.45) is 0 Å². The number of esters is 4. The van der Waals surface area contributed by atoms with E-state index in [1.54, 1.807) is 155 Å². The molecule has 3 aromatic rings. The number of benzene rings is 3. The third-order valence-corrected chi connectivity index (χ3v) is 19.4. The van der Waals surface area contributed by atoms with Crippen molar-refractivity contribution in [3.8, 4) is 11.5 Å². The predicted octanol–water partition coefficient (Wildman–Crippen LogP) is 12.0. The van der Waals surface area contributed by atoms with Gasteiger partial charge in [-0.05, 0) is 247 Å². The molecule has 0 spiro atoms. The Kier molecular flexibility index (Phi) is 23.3. The van der Waals surface area contributed by atoms with Gasteiger partial charge in [0.2, 0.25) is 20.0 Å². The third-order valence-electron chi connectivity index (χ3n) is 15.0. The van der Waals surface area contributed by atoms with E-state index in [-0.39, 0.29) is 23.8 Å². The number of alkyl carbamates (subject to hydrolysis) is 1. The quantitative estimate of drug-likeness (QED) is 0.0771. The van der Waals surface area contributed by atoms with E-state index in [1.165, 1.54) is 0 Å². The molecule has 3 atom stereocenters. The molecule has 1 N–H and O–H groups in total. The SMILES string of the molecule is C.Cc1c(C)c(S(=O)(=O)N(CC[C@H](NC(=O)OCc2ccccc2)C(=O)OC(C)(C)C)[C@@H](CCN([C@@H](CCC(=O)OC(C)(C)C)C(=O)OC(C)(C)C)S(=O)(=O)c2c(C)c(C)c3c(c2C)CCC(C)(C)O3)C(=O)OC(C)(C)C)c(C)c2c1OC(C)(C)CC2. The molecule has 21 heteroatoms. The number of rotatable bonds is 21. The normalized spacial score (nSPS) is 16.1. The molecule has 2 aliphatic rings. The van der Waals surface area contributed by atoms with Gasteiger partial charge in [0.05, 0.1) is 9.79 Å². The van der Waals surface area contributed by atoms with Gasteiger partial charge >= 0.3 is 30.0 Å². The summed E-state index contributed by atoms with van der Waals surface area (Å²) in [5.74, 6) is -2.72. The monoisotopic (exact) mass is 1260 g/mol. The van der Waals surface area contributed by atoms with Gasteiger partial charge in [-0.3, -0.25) is 14.4 Å². The Labute approximate surface area is 519 Å². The first-order valence-corrected chi connectivity index (χ1v) is 32.6. The summed E-state index contributed by atoms with van der Waals surface area (Å²) in [5, 5.41) is 2.58. The largest absolute Gasteiger partial charge is 0.487 e. The minimum Gasteiger partial charge on any atom is -0.487 e. The molecule has 0 aromatic heterocycles. The minimum atomic E-state index is -5.01. The molecule has 1 amide bonds. The van der Waals surface area contributed by atoms with E-state index in [9.17, 15) is 19.2 Å². The second-order valence-electron chi connectivity index (χ2n) is 28.1. The second kappa shape index (κ2) is 27.5. The zero-order chi connectivity index (χ0) is 65.2. The van der Waals surface area contributed by atoms with Gasteiger partial charge in [-0.15, -0.1) is 0 Å². The smallest absolute Gasteiger partial charge is 0.408 e. The molecule has 0 bridgehead atoms. The number of amides is 1. The molecule has 2 aliphatic heterocycles. The lowest BCUT2D eigenvalue weighted by Crippen LogP contribution is -2.53. The van der Waals surface area contributed by atoms with Crippen LogP contribution in [0.5, 0.6) is 11.5 Å². The number of carbonyl (C=O) groups is 5. The molecular formula is C66H101N3O16S2. The van der Waals surface area contributed by atoms with Crippen molar-refractivity contribution in [3.05, 3.63) is 80.4 Å². The van der Waals surface area contributed by atoms with Crippen LogP contribution in [0.15, 0.2) is 40.1 Å². The average Bonchev–Trinajstić information content (AvgIpc) is 0.972. The zero-order valence-electron chi connectivity index (χ0n) is 55.1. The summed E-state index contributed by atoms with van der Waals surface area (Å²) in [6.45, 7) is 35.8. The van der Waals surface area contributed by atoms with Gasteiger partial charge in [-0.25, -0.2) is 26.4 Å². The van der Waals surface area contributed by atoms with E-state index in [1.807, 2.05) is 27.7 Å². The zero-order valence-corrected chi connectivity index (χ0v) is 56.8. The number of nitrogens with zero attached hydrogens (tertiary/aromatic N) is 2. The molecule has 2 heterocycles. The second-order valence-corrected chi connectivity index (χ2v) is 31.7. The standard InChI is InChI=1S/C65H97N3O16S2.CH4/c1-39-41(3)54(43(5)46-30-34-64(19,20)80-52(39)46)85(74,75)67(36-32-48(56(70)82-61(10,11)12)66-59(73)78-38-45-26-24-23-25-27-45)50(58(72)84-63(16,17)18)33-37-68(49(57(71)83-62(13,14)15)28-29-51(69)79-60(7,8)9)86(76,77)55-42(4)40(2)53-47(44(55)6)31-35-65(21,22)81-53;/h23-27,48-50H,28-38H2,1-22H3,(H,66,73);1H4/t48-,49-,50-;/m0./s1. The van der Waals surface area contributed by atoms with Crippen LogP contribution in [0.2, 0.25) is 0 Å². The maximum absolute atomic E-state index is 16.4. The van der Waals surface area contributed by atoms with Crippen molar-refractivity contribution in [2.45, 2.75) is 279 Å². The van der Waals surface area contributed by atoms with E-state index in [0.29, 0.717) is 87.3 Å². The molecule has 488 valence electrons. The molecule has 87 heavy (non-hydrogen) atoms. The van der Waals surface area contributed by atoms with Crippen LogP contribution >= 0.6 is 0 Å². The van der Waals surface area contributed by atoms with Gasteiger partial charge in [0.1, 0.15) is 69.8 Å². The maximum atomic E-state index is 16.4. The fourth-order valence-corrected chi connectivity index (χ4v) is 15.1. The van der Waals surface area contributed by atoms with Crippen LogP contribution in [-0.4, -0.2) is 120 Å². The third kappa shape index (κ3) is 19.1. The maximum Gasteiger partial charge on any atom is 0.408 e. The van der Waals surface area contributed by atoms with Gasteiger partial charge in [0, 0.05) is 19.5 Å². The molecule has 0 fully saturated rings. The van der Waals surface area contributed by atoms with E-state index in [4.69, 9.17) is 33.2 Å². The van der Waals surface area contributed by atoms with Crippen LogP contribution in [0, 0.1) is 41.5 Å². The number of ether oxygens (including phenoxy) is 7. The van der Waals surface area contributed by atoms with Crippen LogP contribution in [-0.2, 0) is 82.4 Å². The Morgan fingerprint density at radius 3 is 1.32 bits per heavy atom. The summed E-state index contributed by atoms with van der Waals surface area (Å²) < 4.78 is 109. The molecule has 0 aliphatic carbocycles. The van der Waals surface area contributed by atoms with Crippen LogP contribution in [0.25, 0.3) is 0 Å². The van der Waals surface area contributed by atoms with Crippen LogP contribution in [0.1, 0.15) is 207 Å². The first kappa shape index (κ1) is 73.7. The number of carbonyl (C=O) groups excluding carboxylic acids is 5. The van der Waals surface area contributed by atoms with Gasteiger partial charge in [0.25, 0.3) is 0 Å². The molecule has 0 radical (unpaired) electrons. The molecular weight excluding hydrogens is 1150 g/mol. The summed E-state index contributed by atoms with van der Waals surface area (Å²) in [7, 11) is -9.97. The van der Waals surface area contributed by atoms with Crippen molar-refractivity contribution >= 4 is 50.0 Å². The highest BCUT2D eigenvalue weighted by molar-refractivity contribution is 7.89. The number of sulfonamides is 2. The van der Waals surface area contributed by atoms with Crippen molar-refractivity contribution in [1.29, 1.82) is 0 Å². The molecule has 0 saturated heterocycles. The summed E-state index contributed by atoms with van der Waals surface area (Å²) in [5.41, 5.74) is -1.33. The Morgan fingerprint density at radius 2 is 0.920 bits per heavy atom. The first-order valence-electron chi connectivity index (χ1n) is 29.7. The van der Waals surface area contributed by atoms with Crippen LogP contribution < -0.4 is 14.8 Å². The van der Waals surface area contributed by atoms with E-state index in [0.717, 1.165) is 8.61 Å². The topological polar surface area (TPSA) is 237 Å². The van der Waals surface area contributed by atoms with Crippen LogP contribution in [0.4, 0.5) is 4.79 Å². The summed E-state index contributed by atoms with van der Waals surface area (Å²) in [4.78, 5) is 71.8. The molecule has 0 unspecified atom stereocenters. The fourth-order valence-electron chi connectivity index (χ4n) is 10.8. The van der Waals surface area contributed by atoms with Gasteiger partial charge < -0.3 is 38.5 Å². The Bertz CT molecular complexity index is 3250. The number of hydrogen-bond acceptors (Lipinski definition) is 16. The lowest BCUT2D eigenvalue weighted by atomic mass is 9.88. The Hall–Kier alpha value is -5.77. The Balaban J connectivity index is 0.0000162. The highest BCUT2D eigenvalue weighted by Crippen LogP contribution is 2.45.